The van der Waals surface area contributed by atoms with Gasteiger partial charge in [-0.1, -0.05) is 11.6 Å². The van der Waals surface area contributed by atoms with E-state index in [4.69, 9.17) is 26.0 Å². The second kappa shape index (κ2) is 9.97. The average molecular weight is 473 g/mol. The van der Waals surface area contributed by atoms with Gasteiger partial charge in [0.1, 0.15) is 6.54 Å². The number of anilines is 1. The van der Waals surface area contributed by atoms with Gasteiger partial charge in [-0.15, -0.1) is 0 Å². The lowest BCUT2D eigenvalue weighted by atomic mass is 10.2. The van der Waals surface area contributed by atoms with Crippen LogP contribution in [0.25, 0.3) is 11.1 Å². The van der Waals surface area contributed by atoms with Gasteiger partial charge in [0.25, 0.3) is 11.6 Å². The number of esters is 1. The third-order valence-electron chi connectivity index (χ3n) is 4.71. The van der Waals surface area contributed by atoms with Gasteiger partial charge in [0.15, 0.2) is 12.2 Å². The van der Waals surface area contributed by atoms with Gasteiger partial charge >= 0.3 is 11.7 Å². The Kier molecular flexibility index (Phi) is 7.10. The van der Waals surface area contributed by atoms with Crippen molar-refractivity contribution in [2.24, 2.45) is 0 Å². The molecule has 0 aliphatic carbocycles. The van der Waals surface area contributed by atoms with Crippen molar-refractivity contribution in [3.63, 3.8) is 0 Å². The summed E-state index contributed by atoms with van der Waals surface area (Å²) in [6.07, 6.45) is 0.0594. The molecule has 0 unspecified atom stereocenters. The van der Waals surface area contributed by atoms with E-state index in [0.29, 0.717) is 10.7 Å². The lowest BCUT2D eigenvalue weighted by molar-refractivity contribution is -0.384. The zero-order valence-electron chi connectivity index (χ0n) is 17.3. The summed E-state index contributed by atoms with van der Waals surface area (Å²) in [5, 5.41) is 20.3. The smallest absolute Gasteiger partial charge is 0.420 e. The first-order valence-electron chi connectivity index (χ1n) is 9.58. The summed E-state index contributed by atoms with van der Waals surface area (Å²) >= 11 is 6.02. The number of benzene rings is 2. The van der Waals surface area contributed by atoms with Crippen LogP contribution in [-0.4, -0.2) is 34.5 Å². The largest absolute Gasteiger partial charge is 0.454 e. The predicted molar refractivity (Wildman–Crippen MR) is 117 cm³/mol. The number of hydrogen-bond donors (Lipinski definition) is 0. The van der Waals surface area contributed by atoms with Crippen LogP contribution in [0.15, 0.2) is 45.6 Å². The van der Waals surface area contributed by atoms with Crippen LogP contribution in [0.3, 0.4) is 0 Å². The number of aryl methyl sites for hydroxylation is 1. The minimum atomic E-state index is -0.902. The number of amides is 1. The van der Waals surface area contributed by atoms with Crippen LogP contribution in [0.1, 0.15) is 12.0 Å². The van der Waals surface area contributed by atoms with E-state index in [1.54, 1.807) is 25.1 Å². The molecular weight excluding hydrogens is 456 g/mol. The van der Waals surface area contributed by atoms with Gasteiger partial charge in [-0.2, -0.15) is 5.26 Å². The molecule has 1 aromatic heterocycles. The Morgan fingerprint density at radius 2 is 2.06 bits per heavy atom. The molecule has 3 rings (SSSR count). The molecular formula is C21H17ClN4O7. The van der Waals surface area contributed by atoms with Crippen LogP contribution in [0.4, 0.5) is 11.4 Å². The number of hydrogen-bond acceptors (Lipinski definition) is 8. The zero-order chi connectivity index (χ0) is 24.1. The molecule has 170 valence electrons. The quantitative estimate of drug-likeness (QED) is 0.276. The van der Waals surface area contributed by atoms with Gasteiger partial charge in [0.05, 0.1) is 29.0 Å². The van der Waals surface area contributed by atoms with Crippen LogP contribution >= 0.6 is 11.6 Å². The summed E-state index contributed by atoms with van der Waals surface area (Å²) in [6.45, 7) is 0.663. The first-order valence-corrected chi connectivity index (χ1v) is 9.96. The van der Waals surface area contributed by atoms with Crippen LogP contribution in [0.2, 0.25) is 5.02 Å². The average Bonchev–Trinajstić information content (AvgIpc) is 3.09. The highest BCUT2D eigenvalue weighted by Gasteiger charge is 2.20. The van der Waals surface area contributed by atoms with Gasteiger partial charge in [-0.05, 0) is 36.8 Å². The number of nitro benzene ring substituents is 1. The van der Waals surface area contributed by atoms with Gasteiger partial charge in [0.2, 0.25) is 0 Å². The molecule has 0 spiro atoms. The lowest BCUT2D eigenvalue weighted by Gasteiger charge is -2.22. The molecule has 1 heterocycles. The van der Waals surface area contributed by atoms with E-state index in [0.717, 1.165) is 16.2 Å². The Morgan fingerprint density at radius 1 is 1.30 bits per heavy atom. The number of rotatable bonds is 8. The molecule has 0 radical (unpaired) electrons. The van der Waals surface area contributed by atoms with E-state index in [1.807, 2.05) is 6.07 Å². The fourth-order valence-corrected chi connectivity index (χ4v) is 3.19. The topological polar surface area (TPSA) is 149 Å². The van der Waals surface area contributed by atoms with E-state index in [2.05, 4.69) is 0 Å². The molecule has 0 bridgehead atoms. The fraction of sp³-hybridized carbons (Fsp3) is 0.238. The molecule has 0 aliphatic heterocycles. The van der Waals surface area contributed by atoms with Gasteiger partial charge in [-0.25, -0.2) is 4.79 Å². The van der Waals surface area contributed by atoms with Crippen LogP contribution in [0.5, 0.6) is 0 Å². The molecule has 0 N–H and O–H groups in total. The SMILES string of the molecule is Cc1cc(N(CCC#N)C(=O)COC(=O)Cn2c(=O)oc3cc([N+](=O)[O-])ccc32)ccc1Cl. The Bertz CT molecular complexity index is 1340. The number of ether oxygens (including phenoxy) is 1. The third-order valence-corrected chi connectivity index (χ3v) is 5.13. The molecule has 0 saturated carbocycles. The Morgan fingerprint density at radius 3 is 2.73 bits per heavy atom. The first-order chi connectivity index (χ1) is 15.7. The maximum atomic E-state index is 12.7. The van der Waals surface area contributed by atoms with Crippen molar-refractivity contribution in [3.8, 4) is 6.07 Å². The number of nitrogens with zero attached hydrogens (tertiary/aromatic N) is 4. The number of halogens is 1. The Labute approximate surface area is 191 Å². The number of nitro groups is 1. The normalized spacial score (nSPS) is 10.6. The Balaban J connectivity index is 1.71. The van der Waals surface area contributed by atoms with Crippen molar-refractivity contribution in [3.05, 3.63) is 67.6 Å². The number of carbonyl (C=O) groups excluding carboxylic acids is 2. The number of oxazole rings is 1. The summed E-state index contributed by atoms with van der Waals surface area (Å²) in [6, 6.07) is 10.4. The van der Waals surface area contributed by atoms with E-state index >= 15 is 0 Å². The summed E-state index contributed by atoms with van der Waals surface area (Å²) in [7, 11) is 0. The molecule has 0 aliphatic rings. The molecule has 1 amide bonds. The number of non-ortho nitro benzene ring substituents is 1. The molecule has 33 heavy (non-hydrogen) atoms. The first kappa shape index (κ1) is 23.5. The number of nitriles is 1. The third kappa shape index (κ3) is 5.36. The molecule has 12 heteroatoms. The van der Waals surface area contributed by atoms with E-state index in [1.165, 1.54) is 17.0 Å². The highest BCUT2D eigenvalue weighted by atomic mass is 35.5. The van der Waals surface area contributed by atoms with Crippen molar-refractivity contribution >= 4 is 46.0 Å². The summed E-state index contributed by atoms with van der Waals surface area (Å²) < 4.78 is 10.9. The van der Waals surface area contributed by atoms with Crippen LogP contribution in [0, 0.1) is 28.4 Å². The van der Waals surface area contributed by atoms with Crippen LogP contribution < -0.4 is 10.7 Å². The minimum Gasteiger partial charge on any atom is -0.454 e. The van der Waals surface area contributed by atoms with Crippen molar-refractivity contribution in [1.29, 1.82) is 5.26 Å². The highest BCUT2D eigenvalue weighted by Crippen LogP contribution is 2.23. The maximum absolute atomic E-state index is 12.7. The molecule has 0 saturated heterocycles. The molecule has 0 fully saturated rings. The lowest BCUT2D eigenvalue weighted by Crippen LogP contribution is -2.36. The van der Waals surface area contributed by atoms with Gasteiger partial charge in [0, 0.05) is 23.3 Å². The summed E-state index contributed by atoms with van der Waals surface area (Å²) in [5.41, 5.74) is 1.06. The monoisotopic (exact) mass is 472 g/mol. The number of carbonyl (C=O) groups is 2. The van der Waals surface area contributed by atoms with Crippen LogP contribution in [-0.2, 0) is 20.9 Å². The minimum absolute atomic E-state index is 0.0566. The standard InChI is InChI=1S/C21H17ClN4O7/c1-13-9-14(3-5-16(13)22)24(8-2-7-23)19(27)12-32-20(28)11-25-17-6-4-15(26(30)31)10-18(17)33-21(25)29/h3-6,9-10H,2,8,11-12H2,1H3. The van der Waals surface area contributed by atoms with Crippen molar-refractivity contribution < 1.29 is 23.7 Å². The van der Waals surface area contributed by atoms with Crippen molar-refractivity contribution in [2.45, 2.75) is 19.9 Å². The van der Waals surface area contributed by atoms with E-state index in [-0.39, 0.29) is 29.8 Å². The molecule has 3 aromatic rings. The Hall–Kier alpha value is -4.17. The second-order valence-electron chi connectivity index (χ2n) is 6.91. The van der Waals surface area contributed by atoms with E-state index < -0.39 is 35.7 Å². The van der Waals surface area contributed by atoms with E-state index in [9.17, 15) is 24.5 Å². The zero-order valence-corrected chi connectivity index (χ0v) is 18.1. The highest BCUT2D eigenvalue weighted by molar-refractivity contribution is 6.31. The molecule has 0 atom stereocenters. The molecule has 11 nitrogen and oxygen atoms in total. The summed E-state index contributed by atoms with van der Waals surface area (Å²) in [4.78, 5) is 48.6. The number of aromatic nitrogens is 1. The maximum Gasteiger partial charge on any atom is 0.420 e. The van der Waals surface area contributed by atoms with Gasteiger partial charge in [-0.3, -0.25) is 24.3 Å². The number of fused-ring (bicyclic) bond motifs is 1. The van der Waals surface area contributed by atoms with Gasteiger partial charge < -0.3 is 14.1 Å². The van der Waals surface area contributed by atoms with Crippen molar-refractivity contribution in [2.75, 3.05) is 18.1 Å². The van der Waals surface area contributed by atoms with Crippen molar-refractivity contribution in [1.82, 2.24) is 4.57 Å². The molecule has 2 aromatic carbocycles. The second-order valence-corrected chi connectivity index (χ2v) is 7.32. The predicted octanol–water partition coefficient (Wildman–Crippen LogP) is 2.95. The summed E-state index contributed by atoms with van der Waals surface area (Å²) in [5.74, 6) is -2.36. The fourth-order valence-electron chi connectivity index (χ4n) is 3.07.